The number of aliphatic hydroxyl groups excluding tert-OH is 1. The van der Waals surface area contributed by atoms with E-state index in [4.69, 9.17) is 15.2 Å². The van der Waals surface area contributed by atoms with Crippen LogP contribution < -0.4 is 5.32 Å². The Morgan fingerprint density at radius 3 is 3.03 bits per heavy atom. The molecule has 6 heteroatoms. The van der Waals surface area contributed by atoms with Gasteiger partial charge in [-0.2, -0.15) is 5.10 Å². The summed E-state index contributed by atoms with van der Waals surface area (Å²) in [6.07, 6.45) is 7.98. The average Bonchev–Trinajstić information content (AvgIpc) is 3.12. The minimum atomic E-state index is 0.0803. The van der Waals surface area contributed by atoms with Crippen LogP contribution in [0.2, 0.25) is 0 Å². The third-order valence-corrected chi connectivity index (χ3v) is 6.19. The first-order valence-corrected chi connectivity index (χ1v) is 10.6. The van der Waals surface area contributed by atoms with Gasteiger partial charge in [0.25, 0.3) is 0 Å². The highest BCUT2D eigenvalue weighted by atomic mass is 16.3. The molecule has 2 aliphatic rings. The number of aromatic nitrogens is 4. The topological polar surface area (TPSA) is 75.9 Å². The first-order chi connectivity index (χ1) is 14.2. The molecule has 1 aliphatic heterocycles. The van der Waals surface area contributed by atoms with Gasteiger partial charge in [0.15, 0.2) is 0 Å². The van der Waals surface area contributed by atoms with Gasteiger partial charge in [-0.1, -0.05) is 12.5 Å². The smallest absolute Gasteiger partial charge is 0.126 e. The fourth-order valence-corrected chi connectivity index (χ4v) is 4.93. The number of anilines is 1. The molecule has 1 aliphatic carbocycles. The van der Waals surface area contributed by atoms with Crippen LogP contribution in [0.1, 0.15) is 43.1 Å². The number of aliphatic hydroxyl groups is 1. The Kier molecular flexibility index (Phi) is 4.79. The second-order valence-corrected chi connectivity index (χ2v) is 8.25. The second-order valence-electron chi connectivity index (χ2n) is 8.25. The standard InChI is InChI=1S/C23H27N5O/c1-15-4-2-7-19(26-15)23-22(17-8-9-24-21(14-17)25-10-11-29)20-13-16-5-3-6-18(12-16)28(20)27-23/h2,4,7-9,14,16,18,29H,3,5-6,10-13H2,1H3,(H,24,25). The molecule has 1 saturated carbocycles. The monoisotopic (exact) mass is 389 g/mol. The minimum absolute atomic E-state index is 0.0803. The summed E-state index contributed by atoms with van der Waals surface area (Å²) in [6, 6.07) is 10.8. The summed E-state index contributed by atoms with van der Waals surface area (Å²) >= 11 is 0. The van der Waals surface area contributed by atoms with Gasteiger partial charge in [0.1, 0.15) is 11.5 Å². The first kappa shape index (κ1) is 18.3. The highest BCUT2D eigenvalue weighted by molar-refractivity contribution is 5.82. The lowest BCUT2D eigenvalue weighted by Crippen LogP contribution is -2.29. The van der Waals surface area contributed by atoms with E-state index in [0.717, 1.165) is 40.8 Å². The molecule has 0 amide bonds. The van der Waals surface area contributed by atoms with Gasteiger partial charge in [0, 0.05) is 29.7 Å². The summed E-state index contributed by atoms with van der Waals surface area (Å²) in [5.74, 6) is 1.53. The zero-order chi connectivity index (χ0) is 19.8. The van der Waals surface area contributed by atoms with Crippen molar-refractivity contribution in [2.24, 2.45) is 5.92 Å². The molecule has 3 aromatic heterocycles. The van der Waals surface area contributed by atoms with E-state index >= 15 is 0 Å². The van der Waals surface area contributed by atoms with Crippen LogP contribution >= 0.6 is 0 Å². The van der Waals surface area contributed by atoms with Gasteiger partial charge in [0.2, 0.25) is 0 Å². The van der Waals surface area contributed by atoms with E-state index in [1.54, 1.807) is 0 Å². The fourth-order valence-electron chi connectivity index (χ4n) is 4.93. The summed E-state index contributed by atoms with van der Waals surface area (Å²) in [4.78, 5) is 9.20. The Hall–Kier alpha value is -2.73. The zero-order valence-corrected chi connectivity index (χ0v) is 16.8. The summed E-state index contributed by atoms with van der Waals surface area (Å²) in [7, 11) is 0. The number of aryl methyl sites for hydroxylation is 1. The van der Waals surface area contributed by atoms with Crippen LogP contribution in [0.3, 0.4) is 0 Å². The molecule has 0 aromatic carbocycles. The maximum Gasteiger partial charge on any atom is 0.126 e. The summed E-state index contributed by atoms with van der Waals surface area (Å²) in [5, 5.41) is 17.4. The summed E-state index contributed by atoms with van der Waals surface area (Å²) in [5.41, 5.74) is 6.53. The van der Waals surface area contributed by atoms with Crippen molar-refractivity contribution in [2.45, 2.75) is 45.1 Å². The van der Waals surface area contributed by atoms with Gasteiger partial charge in [-0.3, -0.25) is 9.67 Å². The Morgan fingerprint density at radius 2 is 2.17 bits per heavy atom. The zero-order valence-electron chi connectivity index (χ0n) is 16.8. The van der Waals surface area contributed by atoms with E-state index in [9.17, 15) is 0 Å². The van der Waals surface area contributed by atoms with E-state index in [-0.39, 0.29) is 6.61 Å². The van der Waals surface area contributed by atoms with Gasteiger partial charge in [0.05, 0.1) is 18.3 Å². The number of hydrogen-bond donors (Lipinski definition) is 2. The van der Waals surface area contributed by atoms with Crippen LogP contribution in [0, 0.1) is 12.8 Å². The van der Waals surface area contributed by atoms with Crippen LogP contribution in [-0.4, -0.2) is 38.0 Å². The van der Waals surface area contributed by atoms with E-state index in [1.165, 1.54) is 36.9 Å². The SMILES string of the molecule is Cc1cccc(-c2nn3c(c2-c2ccnc(NCCO)c2)CC2CCCC3C2)n1. The van der Waals surface area contributed by atoms with Crippen LogP contribution in [0.5, 0.6) is 0 Å². The van der Waals surface area contributed by atoms with Crippen molar-refractivity contribution < 1.29 is 5.11 Å². The largest absolute Gasteiger partial charge is 0.395 e. The molecule has 4 heterocycles. The molecule has 3 aromatic rings. The predicted molar refractivity (Wildman–Crippen MR) is 114 cm³/mol. The Bertz CT molecular complexity index is 1030. The molecule has 2 N–H and O–H groups in total. The summed E-state index contributed by atoms with van der Waals surface area (Å²) in [6.45, 7) is 2.59. The van der Waals surface area contributed by atoms with Crippen LogP contribution in [0.25, 0.3) is 22.5 Å². The molecule has 6 nitrogen and oxygen atoms in total. The van der Waals surface area contributed by atoms with Crippen molar-refractivity contribution in [3.05, 3.63) is 47.9 Å². The Labute approximate surface area is 171 Å². The second kappa shape index (κ2) is 7.59. The van der Waals surface area contributed by atoms with Crippen LogP contribution in [0.15, 0.2) is 36.5 Å². The predicted octanol–water partition coefficient (Wildman–Crippen LogP) is 4.01. The van der Waals surface area contributed by atoms with Crippen molar-refractivity contribution in [3.8, 4) is 22.5 Å². The number of nitrogens with zero attached hydrogens (tertiary/aromatic N) is 4. The van der Waals surface area contributed by atoms with Gasteiger partial charge in [-0.15, -0.1) is 0 Å². The lowest BCUT2D eigenvalue weighted by atomic mass is 9.79. The highest BCUT2D eigenvalue weighted by Gasteiger charge is 2.35. The molecule has 0 radical (unpaired) electrons. The fraction of sp³-hybridized carbons (Fsp3) is 0.435. The molecule has 1 fully saturated rings. The quantitative estimate of drug-likeness (QED) is 0.690. The number of nitrogens with one attached hydrogen (secondary N) is 1. The van der Waals surface area contributed by atoms with Gasteiger partial charge in [-0.05, 0) is 68.4 Å². The van der Waals surface area contributed by atoms with Gasteiger partial charge in [-0.25, -0.2) is 4.98 Å². The number of pyridine rings is 2. The Morgan fingerprint density at radius 1 is 1.24 bits per heavy atom. The molecule has 2 unspecified atom stereocenters. The summed E-state index contributed by atoms with van der Waals surface area (Å²) < 4.78 is 2.30. The molecular weight excluding hydrogens is 362 g/mol. The number of hydrogen-bond acceptors (Lipinski definition) is 5. The average molecular weight is 390 g/mol. The lowest BCUT2D eigenvalue weighted by Gasteiger charge is -2.35. The van der Waals surface area contributed by atoms with Gasteiger partial charge >= 0.3 is 0 Å². The van der Waals surface area contributed by atoms with Crippen LogP contribution in [0.4, 0.5) is 5.82 Å². The van der Waals surface area contributed by atoms with Gasteiger partial charge < -0.3 is 10.4 Å². The first-order valence-electron chi connectivity index (χ1n) is 10.6. The molecule has 2 bridgehead atoms. The van der Waals surface area contributed by atoms with Crippen molar-refractivity contribution >= 4 is 5.82 Å². The molecule has 29 heavy (non-hydrogen) atoms. The van der Waals surface area contributed by atoms with E-state index in [1.807, 2.05) is 19.2 Å². The molecule has 0 spiro atoms. The molecule has 150 valence electrons. The Balaban J connectivity index is 1.68. The van der Waals surface area contributed by atoms with E-state index < -0.39 is 0 Å². The maximum absolute atomic E-state index is 9.14. The normalized spacial score (nSPS) is 20.3. The van der Waals surface area contributed by atoms with Crippen molar-refractivity contribution in [1.29, 1.82) is 0 Å². The van der Waals surface area contributed by atoms with Crippen molar-refractivity contribution in [2.75, 3.05) is 18.5 Å². The third-order valence-electron chi connectivity index (χ3n) is 6.19. The minimum Gasteiger partial charge on any atom is -0.395 e. The third kappa shape index (κ3) is 3.42. The number of rotatable bonds is 5. The van der Waals surface area contributed by atoms with Crippen LogP contribution in [-0.2, 0) is 6.42 Å². The molecule has 2 atom stereocenters. The molecular formula is C23H27N5O. The highest BCUT2D eigenvalue weighted by Crippen LogP contribution is 2.45. The van der Waals surface area contributed by atoms with E-state index in [0.29, 0.717) is 12.6 Å². The van der Waals surface area contributed by atoms with E-state index in [2.05, 4.69) is 39.2 Å². The van der Waals surface area contributed by atoms with Crippen molar-refractivity contribution in [3.63, 3.8) is 0 Å². The lowest BCUT2D eigenvalue weighted by molar-refractivity contribution is 0.212. The molecule has 5 rings (SSSR count). The maximum atomic E-state index is 9.14. The van der Waals surface area contributed by atoms with Crippen molar-refractivity contribution in [1.82, 2.24) is 19.7 Å². The number of fused-ring (bicyclic) bond motifs is 4. The molecule has 0 saturated heterocycles.